The molecule has 1 aromatic heterocycles. The van der Waals surface area contributed by atoms with Gasteiger partial charge in [0.25, 0.3) is 0 Å². The molecule has 0 saturated heterocycles. The molecule has 0 saturated carbocycles. The zero-order valence-corrected chi connectivity index (χ0v) is 15.2. The Balaban J connectivity index is 2.10. The Morgan fingerprint density at radius 3 is 2.25 bits per heavy atom. The second-order valence-corrected chi connectivity index (χ2v) is 7.59. The van der Waals surface area contributed by atoms with Gasteiger partial charge in [0, 0.05) is 9.75 Å². The molecule has 24 heavy (non-hydrogen) atoms. The van der Waals surface area contributed by atoms with Crippen LogP contribution in [-0.2, 0) is 12.6 Å². The molecule has 0 amide bonds. The van der Waals surface area contributed by atoms with E-state index in [-0.39, 0.29) is 0 Å². The van der Waals surface area contributed by atoms with Crippen LogP contribution < -0.4 is 0 Å². The van der Waals surface area contributed by atoms with Crippen LogP contribution >= 0.6 is 11.3 Å². The Kier molecular flexibility index (Phi) is 6.90. The molecule has 0 N–H and O–H groups in total. The maximum absolute atomic E-state index is 13.4. The number of thiophene rings is 1. The molecule has 1 heterocycles. The normalized spacial score (nSPS) is 11.9. The first kappa shape index (κ1) is 19.0. The van der Waals surface area contributed by atoms with Crippen molar-refractivity contribution >= 4 is 11.3 Å². The fraction of sp³-hybridized carbons (Fsp3) is 0.500. The lowest BCUT2D eigenvalue weighted by atomic mass is 9.97. The lowest BCUT2D eigenvalue weighted by Gasteiger charge is -2.14. The highest BCUT2D eigenvalue weighted by molar-refractivity contribution is 7.15. The van der Waals surface area contributed by atoms with Crippen LogP contribution in [0, 0.1) is 6.92 Å². The molecule has 1 aromatic carbocycles. The van der Waals surface area contributed by atoms with Gasteiger partial charge in [0.1, 0.15) is 0 Å². The number of hydrogen-bond donors (Lipinski definition) is 0. The van der Waals surface area contributed by atoms with Crippen LogP contribution in [0.25, 0.3) is 10.4 Å². The van der Waals surface area contributed by atoms with Gasteiger partial charge < -0.3 is 0 Å². The summed E-state index contributed by atoms with van der Waals surface area (Å²) in [4.78, 5) is 2.00. The summed E-state index contributed by atoms with van der Waals surface area (Å²) in [7, 11) is 0. The van der Waals surface area contributed by atoms with Gasteiger partial charge in [-0.2, -0.15) is 13.2 Å². The van der Waals surface area contributed by atoms with Gasteiger partial charge in [-0.3, -0.25) is 0 Å². The predicted molar refractivity (Wildman–Crippen MR) is 96.6 cm³/mol. The minimum absolute atomic E-state index is 0.426. The minimum atomic E-state index is -4.29. The Hall–Kier alpha value is -1.29. The molecule has 0 fully saturated rings. The molecule has 0 nitrogen and oxygen atoms in total. The van der Waals surface area contributed by atoms with Crippen LogP contribution in [0.1, 0.15) is 61.5 Å². The molecule has 2 rings (SSSR count). The molecular weight excluding hydrogens is 329 g/mol. The maximum atomic E-state index is 13.4. The molecule has 0 atom stereocenters. The fourth-order valence-electron chi connectivity index (χ4n) is 2.90. The van der Waals surface area contributed by atoms with Gasteiger partial charge >= 0.3 is 6.18 Å². The number of unbranched alkanes of at least 4 members (excludes halogenated alkanes) is 5. The second kappa shape index (κ2) is 8.70. The van der Waals surface area contributed by atoms with E-state index in [1.54, 1.807) is 6.07 Å². The summed E-state index contributed by atoms with van der Waals surface area (Å²) in [5, 5.41) is 0. The van der Waals surface area contributed by atoms with Crippen LogP contribution in [-0.4, -0.2) is 0 Å². The van der Waals surface area contributed by atoms with Crippen LogP contribution in [0.4, 0.5) is 13.2 Å². The third kappa shape index (κ3) is 5.37. The van der Waals surface area contributed by atoms with Crippen LogP contribution in [0.5, 0.6) is 0 Å². The van der Waals surface area contributed by atoms with Crippen LogP contribution in [0.2, 0.25) is 0 Å². The Morgan fingerprint density at radius 2 is 1.62 bits per heavy atom. The summed E-state index contributed by atoms with van der Waals surface area (Å²) >= 11 is 1.53. The topological polar surface area (TPSA) is 0 Å². The summed E-state index contributed by atoms with van der Waals surface area (Å²) in [5.41, 5.74) is 0.613. The number of halogens is 3. The Morgan fingerprint density at radius 1 is 0.917 bits per heavy atom. The van der Waals surface area contributed by atoms with Crippen LogP contribution in [0.3, 0.4) is 0 Å². The molecule has 0 aliphatic heterocycles. The first-order chi connectivity index (χ1) is 11.4. The van der Waals surface area contributed by atoms with Gasteiger partial charge in [0.15, 0.2) is 0 Å². The van der Waals surface area contributed by atoms with Crippen molar-refractivity contribution in [2.24, 2.45) is 0 Å². The van der Waals surface area contributed by atoms with Crippen molar-refractivity contribution < 1.29 is 13.2 Å². The van der Waals surface area contributed by atoms with Crippen molar-refractivity contribution in [2.75, 3.05) is 0 Å². The SMILES string of the molecule is CCCCCCCCc1ccc(-c2ccc(C)s2)cc1C(F)(F)F. The Bertz CT molecular complexity index is 641. The van der Waals surface area contributed by atoms with Gasteiger partial charge in [-0.15, -0.1) is 11.3 Å². The smallest absolute Gasteiger partial charge is 0.166 e. The largest absolute Gasteiger partial charge is 0.416 e. The van der Waals surface area contributed by atoms with Crippen LogP contribution in [0.15, 0.2) is 30.3 Å². The molecule has 0 aliphatic carbocycles. The summed E-state index contributed by atoms with van der Waals surface area (Å²) < 4.78 is 40.3. The average Bonchev–Trinajstić information content (AvgIpc) is 2.96. The van der Waals surface area contributed by atoms with E-state index in [2.05, 4.69) is 6.92 Å². The van der Waals surface area contributed by atoms with Gasteiger partial charge in [-0.1, -0.05) is 51.2 Å². The van der Waals surface area contributed by atoms with E-state index in [4.69, 9.17) is 0 Å². The molecule has 0 radical (unpaired) electrons. The maximum Gasteiger partial charge on any atom is 0.416 e. The monoisotopic (exact) mass is 354 g/mol. The summed E-state index contributed by atoms with van der Waals surface area (Å²) in [5.74, 6) is 0. The van der Waals surface area contributed by atoms with Gasteiger partial charge in [-0.25, -0.2) is 0 Å². The van der Waals surface area contributed by atoms with E-state index in [0.29, 0.717) is 17.5 Å². The van der Waals surface area contributed by atoms with Crippen molar-refractivity contribution in [1.82, 2.24) is 0 Å². The van der Waals surface area contributed by atoms with Crippen molar-refractivity contribution in [3.63, 3.8) is 0 Å². The van der Waals surface area contributed by atoms with Crippen molar-refractivity contribution in [1.29, 1.82) is 0 Å². The van der Waals surface area contributed by atoms with Gasteiger partial charge in [0.2, 0.25) is 0 Å². The highest BCUT2D eigenvalue weighted by Gasteiger charge is 2.33. The molecule has 0 bridgehead atoms. The van der Waals surface area contributed by atoms with Crippen molar-refractivity contribution in [3.05, 3.63) is 46.3 Å². The van der Waals surface area contributed by atoms with E-state index >= 15 is 0 Å². The predicted octanol–water partition coefficient (Wildman–Crippen LogP) is 7.65. The lowest BCUT2D eigenvalue weighted by molar-refractivity contribution is -0.138. The minimum Gasteiger partial charge on any atom is -0.166 e. The summed E-state index contributed by atoms with van der Waals surface area (Å²) in [6.45, 7) is 4.12. The molecule has 4 heteroatoms. The van der Waals surface area contributed by atoms with Gasteiger partial charge in [-0.05, 0) is 49.1 Å². The number of hydrogen-bond acceptors (Lipinski definition) is 1. The van der Waals surface area contributed by atoms with Crippen molar-refractivity contribution in [3.8, 4) is 10.4 Å². The lowest BCUT2D eigenvalue weighted by Crippen LogP contribution is -2.09. The third-order valence-corrected chi connectivity index (χ3v) is 5.29. The van der Waals surface area contributed by atoms with Gasteiger partial charge in [0.05, 0.1) is 5.56 Å². The fourth-order valence-corrected chi connectivity index (χ4v) is 3.76. The first-order valence-electron chi connectivity index (χ1n) is 8.68. The molecule has 0 aliphatic rings. The number of rotatable bonds is 8. The van der Waals surface area contributed by atoms with E-state index in [0.717, 1.165) is 29.0 Å². The van der Waals surface area contributed by atoms with E-state index in [1.807, 2.05) is 25.1 Å². The zero-order valence-electron chi connectivity index (χ0n) is 14.4. The van der Waals surface area contributed by atoms with E-state index in [1.165, 1.54) is 36.7 Å². The second-order valence-electron chi connectivity index (χ2n) is 6.30. The average molecular weight is 354 g/mol. The zero-order chi connectivity index (χ0) is 17.6. The van der Waals surface area contributed by atoms with E-state index in [9.17, 15) is 13.2 Å². The number of aryl methyl sites for hydroxylation is 2. The number of alkyl halides is 3. The highest BCUT2D eigenvalue weighted by Crippen LogP contribution is 2.37. The third-order valence-electron chi connectivity index (χ3n) is 4.24. The molecule has 0 spiro atoms. The quantitative estimate of drug-likeness (QED) is 0.427. The number of benzene rings is 1. The first-order valence-corrected chi connectivity index (χ1v) is 9.50. The molecule has 0 unspecified atom stereocenters. The molecular formula is C20H25F3S. The molecule has 132 valence electrons. The van der Waals surface area contributed by atoms with Crippen molar-refractivity contribution in [2.45, 2.75) is 65.0 Å². The standard InChI is InChI=1S/C20H25F3S/c1-3-4-5-6-7-8-9-16-11-12-17(14-18(16)20(21,22)23)19-13-10-15(2)24-19/h10-14H,3-9H2,1-2H3. The summed E-state index contributed by atoms with van der Waals surface area (Å²) in [6.07, 6.45) is 2.73. The van der Waals surface area contributed by atoms with E-state index < -0.39 is 11.7 Å². The highest BCUT2D eigenvalue weighted by atomic mass is 32.1. The molecule has 2 aromatic rings. The Labute approximate surface area is 146 Å². The summed E-state index contributed by atoms with van der Waals surface area (Å²) in [6, 6.07) is 8.64.